The van der Waals surface area contributed by atoms with E-state index in [-0.39, 0.29) is 22.9 Å². The molecule has 204 valence electrons. The van der Waals surface area contributed by atoms with Crippen LogP contribution < -0.4 is 25.6 Å². The molecule has 2 aromatic carbocycles. The lowest BCUT2D eigenvalue weighted by Gasteiger charge is -2.37. The van der Waals surface area contributed by atoms with Crippen LogP contribution in [0.1, 0.15) is 17.3 Å². The number of carbonyl (C=O) groups excluding carboxylic acids is 1. The highest BCUT2D eigenvalue weighted by Gasteiger charge is 2.38. The quantitative estimate of drug-likeness (QED) is 0.339. The van der Waals surface area contributed by atoms with Crippen LogP contribution in [0.15, 0.2) is 48.9 Å². The molecule has 1 atom stereocenters. The van der Waals surface area contributed by atoms with Crippen molar-refractivity contribution >= 4 is 34.1 Å². The number of nitrogen functional groups attached to an aromatic ring is 1. The molecule has 10 nitrogen and oxygen atoms in total. The highest BCUT2D eigenvalue weighted by atomic mass is 19.4. The van der Waals surface area contributed by atoms with Crippen LogP contribution in [0, 0.1) is 0 Å². The molecule has 13 heteroatoms. The minimum atomic E-state index is -4.56. The number of piperazine rings is 1. The van der Waals surface area contributed by atoms with Crippen molar-refractivity contribution in [3.05, 3.63) is 54.5 Å². The third-order valence-electron chi connectivity index (χ3n) is 6.72. The van der Waals surface area contributed by atoms with Crippen molar-refractivity contribution in [1.82, 2.24) is 25.5 Å². The maximum absolute atomic E-state index is 13.3. The summed E-state index contributed by atoms with van der Waals surface area (Å²) in [5.74, 6) is 0.545. The number of nitrogens with one attached hydrogen (secondary N) is 2. The van der Waals surface area contributed by atoms with Crippen LogP contribution in [0.3, 0.4) is 0 Å². The molecule has 0 saturated carbocycles. The number of aromatic nitrogens is 4. The Bertz CT molecular complexity index is 1480. The van der Waals surface area contributed by atoms with Crippen LogP contribution in [-0.4, -0.2) is 71.6 Å². The molecule has 2 aromatic heterocycles. The van der Waals surface area contributed by atoms with E-state index in [0.29, 0.717) is 54.1 Å². The number of carbonyl (C=O) groups is 1. The average molecular weight is 541 g/mol. The van der Waals surface area contributed by atoms with Gasteiger partial charge in [-0.2, -0.15) is 18.3 Å². The average Bonchev–Trinajstić information content (AvgIpc) is 3.33. The Labute approximate surface area is 222 Å². The summed E-state index contributed by atoms with van der Waals surface area (Å²) in [4.78, 5) is 25.5. The molecule has 0 bridgehead atoms. The van der Waals surface area contributed by atoms with E-state index < -0.39 is 12.3 Å². The Balaban J connectivity index is 1.51. The molecule has 5 rings (SSSR count). The standard InChI is InChI=1S/C26H27F3N8O2/c1-15(26(27,28)29)39-21-13-17(11-19-23(21)24(30)35-34-19)16-3-4-18(25(38)31-2)20(12-16)36-7-9-37(10-8-36)22-14-32-5-6-33-22/h3-6,11-15H,7-10H2,1-2H3,(H,31,38)(H3,30,34,35)/t15-/m1/s1. The van der Waals surface area contributed by atoms with Crippen molar-refractivity contribution < 1.29 is 22.7 Å². The van der Waals surface area contributed by atoms with Gasteiger partial charge < -0.3 is 25.6 Å². The first-order chi connectivity index (χ1) is 18.7. The van der Waals surface area contributed by atoms with Gasteiger partial charge in [-0.1, -0.05) is 6.07 Å². The molecule has 1 fully saturated rings. The Morgan fingerprint density at radius 1 is 1.10 bits per heavy atom. The molecule has 3 heterocycles. The number of amides is 1. The number of hydrogen-bond donors (Lipinski definition) is 3. The van der Waals surface area contributed by atoms with E-state index in [2.05, 4.69) is 35.3 Å². The third kappa shape index (κ3) is 5.24. The van der Waals surface area contributed by atoms with E-state index in [4.69, 9.17) is 10.5 Å². The second-order valence-electron chi connectivity index (χ2n) is 9.16. The predicted octanol–water partition coefficient (Wildman–Crippen LogP) is 3.62. The maximum atomic E-state index is 13.3. The lowest BCUT2D eigenvalue weighted by Crippen LogP contribution is -2.47. The molecule has 0 aliphatic carbocycles. The summed E-state index contributed by atoms with van der Waals surface area (Å²) in [5, 5.41) is 9.66. The SMILES string of the molecule is CNC(=O)c1ccc(-c2cc(O[C@H](C)C(F)(F)F)c3c(N)n[nH]c3c2)cc1N1CCN(c2cnccn2)CC1. The van der Waals surface area contributed by atoms with E-state index in [1.54, 1.807) is 43.8 Å². The first-order valence-electron chi connectivity index (χ1n) is 12.3. The summed E-state index contributed by atoms with van der Waals surface area (Å²) in [5.41, 5.74) is 8.83. The summed E-state index contributed by atoms with van der Waals surface area (Å²) < 4.78 is 45.2. The van der Waals surface area contributed by atoms with Gasteiger partial charge in [0.15, 0.2) is 11.9 Å². The Morgan fingerprint density at radius 3 is 2.51 bits per heavy atom. The van der Waals surface area contributed by atoms with E-state index in [1.165, 1.54) is 6.07 Å². The number of anilines is 3. The fraction of sp³-hybridized carbons (Fsp3) is 0.308. The number of hydrogen-bond acceptors (Lipinski definition) is 8. The van der Waals surface area contributed by atoms with Gasteiger partial charge in [0.05, 0.1) is 28.4 Å². The monoisotopic (exact) mass is 540 g/mol. The van der Waals surface area contributed by atoms with Gasteiger partial charge in [-0.25, -0.2) is 4.98 Å². The number of H-pyrrole nitrogens is 1. The topological polar surface area (TPSA) is 125 Å². The van der Waals surface area contributed by atoms with Crippen molar-refractivity contribution in [2.45, 2.75) is 19.2 Å². The van der Waals surface area contributed by atoms with Gasteiger partial charge in [0, 0.05) is 45.6 Å². The molecule has 0 radical (unpaired) electrons. The van der Waals surface area contributed by atoms with E-state index in [1.807, 2.05) is 6.07 Å². The smallest absolute Gasteiger partial charge is 0.425 e. The van der Waals surface area contributed by atoms with Crippen LogP contribution in [0.2, 0.25) is 0 Å². The fourth-order valence-electron chi connectivity index (χ4n) is 4.59. The third-order valence-corrected chi connectivity index (χ3v) is 6.72. The summed E-state index contributed by atoms with van der Waals surface area (Å²) in [6.45, 7) is 3.52. The normalized spacial score (nSPS) is 14.9. The maximum Gasteiger partial charge on any atom is 0.425 e. The van der Waals surface area contributed by atoms with Gasteiger partial charge in [0.25, 0.3) is 5.91 Å². The van der Waals surface area contributed by atoms with Gasteiger partial charge >= 0.3 is 6.18 Å². The Kier molecular flexibility index (Phi) is 6.89. The largest absolute Gasteiger partial charge is 0.480 e. The molecule has 4 aromatic rings. The first kappa shape index (κ1) is 26.1. The van der Waals surface area contributed by atoms with Crippen molar-refractivity contribution in [1.29, 1.82) is 0 Å². The summed E-state index contributed by atoms with van der Waals surface area (Å²) in [6, 6.07) is 8.58. The van der Waals surface area contributed by atoms with Crippen LogP contribution in [-0.2, 0) is 0 Å². The van der Waals surface area contributed by atoms with Crippen molar-refractivity contribution in [2.75, 3.05) is 48.8 Å². The molecule has 4 N–H and O–H groups in total. The molecule has 1 aliphatic heterocycles. The van der Waals surface area contributed by atoms with Crippen molar-refractivity contribution in [3.8, 4) is 16.9 Å². The van der Waals surface area contributed by atoms with E-state index >= 15 is 0 Å². The van der Waals surface area contributed by atoms with Crippen LogP contribution in [0.4, 0.5) is 30.5 Å². The van der Waals surface area contributed by atoms with E-state index in [9.17, 15) is 18.0 Å². The molecule has 1 saturated heterocycles. The van der Waals surface area contributed by atoms with Gasteiger partial charge in [0.1, 0.15) is 11.6 Å². The highest BCUT2D eigenvalue weighted by molar-refractivity contribution is 6.01. The number of halogens is 3. The minimum absolute atomic E-state index is 0.0342. The molecule has 1 amide bonds. The lowest BCUT2D eigenvalue weighted by atomic mass is 9.99. The number of ether oxygens (including phenoxy) is 1. The number of aromatic amines is 1. The molecule has 0 unspecified atom stereocenters. The number of nitrogens with zero attached hydrogens (tertiary/aromatic N) is 5. The van der Waals surface area contributed by atoms with E-state index in [0.717, 1.165) is 12.7 Å². The minimum Gasteiger partial charge on any atom is -0.480 e. The van der Waals surface area contributed by atoms with Gasteiger partial charge in [-0.05, 0) is 42.3 Å². The zero-order valence-electron chi connectivity index (χ0n) is 21.3. The van der Waals surface area contributed by atoms with Crippen LogP contribution in [0.25, 0.3) is 22.0 Å². The summed E-state index contributed by atoms with van der Waals surface area (Å²) in [7, 11) is 1.56. The zero-order valence-corrected chi connectivity index (χ0v) is 21.3. The fourth-order valence-corrected chi connectivity index (χ4v) is 4.59. The number of fused-ring (bicyclic) bond motifs is 1. The summed E-state index contributed by atoms with van der Waals surface area (Å²) >= 11 is 0. The number of alkyl halides is 3. The van der Waals surface area contributed by atoms with Crippen molar-refractivity contribution in [2.24, 2.45) is 0 Å². The molecular formula is C26H27F3N8O2. The predicted molar refractivity (Wildman–Crippen MR) is 142 cm³/mol. The Morgan fingerprint density at radius 2 is 1.85 bits per heavy atom. The number of rotatable bonds is 6. The molecule has 1 aliphatic rings. The van der Waals surface area contributed by atoms with Gasteiger partial charge in [-0.15, -0.1) is 0 Å². The zero-order chi connectivity index (χ0) is 27.7. The van der Waals surface area contributed by atoms with Crippen molar-refractivity contribution in [3.63, 3.8) is 0 Å². The molecule has 39 heavy (non-hydrogen) atoms. The second-order valence-corrected chi connectivity index (χ2v) is 9.16. The lowest BCUT2D eigenvalue weighted by molar-refractivity contribution is -0.188. The molecular weight excluding hydrogens is 513 g/mol. The number of benzene rings is 2. The number of nitrogens with two attached hydrogens (primary N) is 1. The summed E-state index contributed by atoms with van der Waals surface area (Å²) in [6.07, 6.45) is -1.63. The Hall–Kier alpha value is -4.55. The van der Waals surface area contributed by atoms with Gasteiger partial charge in [0.2, 0.25) is 0 Å². The first-order valence-corrected chi connectivity index (χ1v) is 12.3. The highest BCUT2D eigenvalue weighted by Crippen LogP contribution is 2.38. The molecule has 0 spiro atoms. The second kappa shape index (κ2) is 10.3. The van der Waals surface area contributed by atoms with Gasteiger partial charge in [-0.3, -0.25) is 14.9 Å². The van der Waals surface area contributed by atoms with Crippen LogP contribution in [0.5, 0.6) is 5.75 Å². The van der Waals surface area contributed by atoms with Crippen LogP contribution >= 0.6 is 0 Å².